The average molecular weight is 558 g/mol. The zero-order valence-corrected chi connectivity index (χ0v) is 27.4. The predicted molar refractivity (Wildman–Crippen MR) is 166 cm³/mol. The number of carbonyl (C=O) groups excluding carboxylic acids is 2. The molecule has 3 amide bonds. The van der Waals surface area contributed by atoms with Gasteiger partial charge in [0.2, 0.25) is 5.91 Å². The Labute approximate surface area is 246 Å². The SMILES string of the molecule is CC(C)NC(=O)C(C)[C@H]1CCC2C3CCC4CC(CCCCCN(C)C(=O)NC(C)C)CC[C@]4(C)C3CC[C@@]21C. The summed E-state index contributed by atoms with van der Waals surface area (Å²) in [7, 11) is 1.92. The summed E-state index contributed by atoms with van der Waals surface area (Å²) in [5.74, 6) is 5.38. The fraction of sp³-hybridized carbons (Fsp3) is 0.943. The molecule has 0 aromatic heterocycles. The van der Waals surface area contributed by atoms with Crippen LogP contribution in [0.4, 0.5) is 4.79 Å². The molecule has 4 fully saturated rings. The van der Waals surface area contributed by atoms with Crippen LogP contribution in [0.15, 0.2) is 0 Å². The highest BCUT2D eigenvalue weighted by atomic mass is 16.2. The maximum atomic E-state index is 13.0. The molecule has 6 unspecified atom stereocenters. The van der Waals surface area contributed by atoms with Crippen LogP contribution in [0.3, 0.4) is 0 Å². The summed E-state index contributed by atoms with van der Waals surface area (Å²) in [6.07, 6.45) is 17.5. The van der Waals surface area contributed by atoms with Gasteiger partial charge in [-0.05, 0) is 138 Å². The standard InChI is InChI=1S/C35H63N3O2/c1-23(2)36-32(39)25(5)29-15-16-30-28-14-13-27-22-26(12-10-9-11-21-38(8)33(40)37-24(3)4)17-19-34(27,6)31(28)18-20-35(29,30)7/h23-31H,9-22H2,1-8H3,(H,36,39)(H,37,40)/t25?,26?,27?,28?,29-,30?,31?,34+,35-/m1/s1. The van der Waals surface area contributed by atoms with Crippen LogP contribution in [-0.2, 0) is 4.79 Å². The Morgan fingerprint density at radius 2 is 1.48 bits per heavy atom. The van der Waals surface area contributed by atoms with Gasteiger partial charge in [0, 0.05) is 31.6 Å². The van der Waals surface area contributed by atoms with E-state index in [1.54, 1.807) is 0 Å². The summed E-state index contributed by atoms with van der Waals surface area (Å²) in [6.45, 7) is 16.5. The minimum atomic E-state index is 0.0551. The zero-order valence-electron chi connectivity index (χ0n) is 27.4. The molecule has 2 N–H and O–H groups in total. The molecule has 230 valence electrons. The van der Waals surface area contributed by atoms with Gasteiger partial charge in [-0.3, -0.25) is 4.79 Å². The highest BCUT2D eigenvalue weighted by Gasteiger charge is 2.61. The Balaban J connectivity index is 1.27. The highest BCUT2D eigenvalue weighted by molar-refractivity contribution is 5.79. The van der Waals surface area contributed by atoms with Crippen molar-refractivity contribution in [1.82, 2.24) is 15.5 Å². The molecule has 0 radical (unpaired) electrons. The fourth-order valence-corrected chi connectivity index (χ4v) is 10.5. The largest absolute Gasteiger partial charge is 0.354 e. The smallest absolute Gasteiger partial charge is 0.317 e. The minimum Gasteiger partial charge on any atom is -0.354 e. The molecule has 4 aliphatic carbocycles. The van der Waals surface area contributed by atoms with Crippen molar-refractivity contribution < 1.29 is 9.59 Å². The Bertz CT molecular complexity index is 873. The molecule has 9 atom stereocenters. The van der Waals surface area contributed by atoms with Crippen LogP contribution in [-0.4, -0.2) is 42.5 Å². The van der Waals surface area contributed by atoms with Crippen LogP contribution in [0.5, 0.6) is 0 Å². The second-order valence-corrected chi connectivity index (χ2v) is 15.9. The van der Waals surface area contributed by atoms with Crippen LogP contribution >= 0.6 is 0 Å². The molecule has 5 heteroatoms. The van der Waals surface area contributed by atoms with E-state index in [0.717, 1.165) is 42.6 Å². The van der Waals surface area contributed by atoms with E-state index in [1.165, 1.54) is 77.0 Å². The van der Waals surface area contributed by atoms with Gasteiger partial charge in [-0.2, -0.15) is 0 Å². The lowest BCUT2D eigenvalue weighted by atomic mass is 9.44. The first kappa shape index (κ1) is 31.7. The number of carbonyl (C=O) groups is 2. The molecule has 40 heavy (non-hydrogen) atoms. The molecule has 0 saturated heterocycles. The molecule has 0 spiro atoms. The molecule has 5 nitrogen and oxygen atoms in total. The molecule has 4 saturated carbocycles. The zero-order chi connectivity index (χ0) is 29.2. The van der Waals surface area contributed by atoms with E-state index in [4.69, 9.17) is 0 Å². The average Bonchev–Trinajstić information content (AvgIpc) is 3.24. The van der Waals surface area contributed by atoms with Crippen molar-refractivity contribution in [2.75, 3.05) is 13.6 Å². The van der Waals surface area contributed by atoms with Gasteiger partial charge in [0.1, 0.15) is 0 Å². The van der Waals surface area contributed by atoms with Crippen molar-refractivity contribution in [2.45, 2.75) is 144 Å². The van der Waals surface area contributed by atoms with Crippen LogP contribution < -0.4 is 10.6 Å². The van der Waals surface area contributed by atoms with Crippen molar-refractivity contribution in [1.29, 1.82) is 0 Å². The van der Waals surface area contributed by atoms with Crippen molar-refractivity contribution in [3.8, 4) is 0 Å². The summed E-state index contributed by atoms with van der Waals surface area (Å²) < 4.78 is 0. The number of hydrogen-bond acceptors (Lipinski definition) is 2. The second-order valence-electron chi connectivity index (χ2n) is 15.9. The predicted octanol–water partition coefficient (Wildman–Crippen LogP) is 8.03. The summed E-state index contributed by atoms with van der Waals surface area (Å²) in [4.78, 5) is 26.9. The molecule has 0 aromatic carbocycles. The van der Waals surface area contributed by atoms with Gasteiger partial charge < -0.3 is 15.5 Å². The lowest BCUT2D eigenvalue weighted by molar-refractivity contribution is -0.135. The number of nitrogens with zero attached hydrogens (tertiary/aromatic N) is 1. The molecule has 0 aromatic rings. The summed E-state index contributed by atoms with van der Waals surface area (Å²) >= 11 is 0. The van der Waals surface area contributed by atoms with Crippen molar-refractivity contribution in [3.05, 3.63) is 0 Å². The monoisotopic (exact) mass is 557 g/mol. The van der Waals surface area contributed by atoms with Crippen molar-refractivity contribution in [3.63, 3.8) is 0 Å². The van der Waals surface area contributed by atoms with E-state index < -0.39 is 0 Å². The first-order chi connectivity index (χ1) is 18.9. The highest BCUT2D eigenvalue weighted by Crippen LogP contribution is 2.68. The molecule has 0 heterocycles. The lowest BCUT2D eigenvalue weighted by Gasteiger charge is -2.61. The Morgan fingerprint density at radius 3 is 2.17 bits per heavy atom. The number of urea groups is 1. The summed E-state index contributed by atoms with van der Waals surface area (Å²) in [6, 6.07) is 0.478. The normalized spacial score (nSPS) is 37.9. The van der Waals surface area contributed by atoms with Crippen molar-refractivity contribution in [2.24, 2.45) is 52.3 Å². The maximum absolute atomic E-state index is 13.0. The first-order valence-corrected chi connectivity index (χ1v) is 17.2. The number of fused-ring (bicyclic) bond motifs is 5. The van der Waals surface area contributed by atoms with Gasteiger partial charge in [0.25, 0.3) is 0 Å². The number of unbranched alkanes of at least 4 members (excludes halogenated alkanes) is 2. The third-order valence-electron chi connectivity index (χ3n) is 12.7. The van der Waals surface area contributed by atoms with Gasteiger partial charge >= 0.3 is 6.03 Å². The summed E-state index contributed by atoms with van der Waals surface area (Å²) in [5.41, 5.74) is 0.880. The van der Waals surface area contributed by atoms with E-state index in [-0.39, 0.29) is 29.9 Å². The Kier molecular flexibility index (Phi) is 10.2. The Morgan fingerprint density at radius 1 is 0.800 bits per heavy atom. The summed E-state index contributed by atoms with van der Waals surface area (Å²) in [5, 5.41) is 6.20. The van der Waals surface area contributed by atoms with Gasteiger partial charge in [-0.1, -0.05) is 40.0 Å². The molecule has 4 rings (SSSR count). The van der Waals surface area contributed by atoms with E-state index in [0.29, 0.717) is 16.7 Å². The molecule has 0 bridgehead atoms. The molecule has 0 aliphatic heterocycles. The van der Waals surface area contributed by atoms with Crippen LogP contribution in [0.2, 0.25) is 0 Å². The van der Waals surface area contributed by atoms with Gasteiger partial charge in [-0.25, -0.2) is 4.79 Å². The fourth-order valence-electron chi connectivity index (χ4n) is 10.5. The van der Waals surface area contributed by atoms with Crippen LogP contribution in [0.1, 0.15) is 132 Å². The first-order valence-electron chi connectivity index (χ1n) is 17.2. The third-order valence-corrected chi connectivity index (χ3v) is 12.7. The Hall–Kier alpha value is -1.26. The second kappa shape index (κ2) is 12.9. The van der Waals surface area contributed by atoms with Crippen LogP contribution in [0.25, 0.3) is 0 Å². The lowest BCUT2D eigenvalue weighted by Crippen LogP contribution is -2.54. The van der Waals surface area contributed by atoms with E-state index >= 15 is 0 Å². The van der Waals surface area contributed by atoms with Crippen LogP contribution in [0, 0.1) is 52.3 Å². The number of hydrogen-bond donors (Lipinski definition) is 2. The van der Waals surface area contributed by atoms with Gasteiger partial charge in [0.05, 0.1) is 0 Å². The van der Waals surface area contributed by atoms with Crippen molar-refractivity contribution >= 4 is 11.9 Å². The minimum absolute atomic E-state index is 0.0551. The molecular weight excluding hydrogens is 494 g/mol. The number of nitrogens with one attached hydrogen (secondary N) is 2. The van der Waals surface area contributed by atoms with E-state index in [1.807, 2.05) is 25.8 Å². The molecular formula is C35H63N3O2. The third kappa shape index (κ3) is 6.54. The number of amides is 3. The van der Waals surface area contributed by atoms with E-state index in [2.05, 4.69) is 45.3 Å². The quantitative estimate of drug-likeness (QED) is 0.267. The molecule has 4 aliphatic rings. The maximum Gasteiger partial charge on any atom is 0.317 e. The van der Waals surface area contributed by atoms with Gasteiger partial charge in [-0.15, -0.1) is 0 Å². The van der Waals surface area contributed by atoms with E-state index in [9.17, 15) is 9.59 Å². The number of rotatable bonds is 10. The topological polar surface area (TPSA) is 61.4 Å². The van der Waals surface area contributed by atoms with Gasteiger partial charge in [0.15, 0.2) is 0 Å².